The molecule has 6 heteroatoms. The summed E-state index contributed by atoms with van der Waals surface area (Å²) in [7, 11) is 1.50. The number of nitrogens with zero attached hydrogens (tertiary/aromatic N) is 1. The highest BCUT2D eigenvalue weighted by molar-refractivity contribution is 6.31. The smallest absolute Gasteiger partial charge is 0.341 e. The van der Waals surface area contributed by atoms with Crippen molar-refractivity contribution in [2.24, 2.45) is 4.99 Å². The van der Waals surface area contributed by atoms with E-state index in [2.05, 4.69) is 11.6 Å². The van der Waals surface area contributed by atoms with E-state index in [4.69, 9.17) is 26.2 Å². The fourth-order valence-corrected chi connectivity index (χ4v) is 2.50. The second-order valence-corrected chi connectivity index (χ2v) is 5.99. The van der Waals surface area contributed by atoms with Crippen molar-refractivity contribution < 1.29 is 19.4 Å². The molecule has 0 aromatic heterocycles. The zero-order chi connectivity index (χ0) is 19.1. The number of aliphatic carboxylic acids is 1. The summed E-state index contributed by atoms with van der Waals surface area (Å²) >= 11 is 6.12. The third-order valence-electron chi connectivity index (χ3n) is 3.60. The molecule has 0 amide bonds. The number of aliphatic imine (C=N–C) groups is 1. The van der Waals surface area contributed by atoms with Crippen LogP contribution in [0, 0.1) is 6.92 Å². The van der Waals surface area contributed by atoms with Gasteiger partial charge in [0.05, 0.1) is 12.8 Å². The molecule has 0 radical (unpaired) electrons. The SMILES string of the molecule is C=CCc1cc(C=Nc2ccc(C)c(Cl)c2)cc(OC)c1OCC(=O)O. The first-order valence-electron chi connectivity index (χ1n) is 7.91. The number of carboxylic acids is 1. The lowest BCUT2D eigenvalue weighted by atomic mass is 10.1. The lowest BCUT2D eigenvalue weighted by Crippen LogP contribution is -2.11. The largest absolute Gasteiger partial charge is 0.493 e. The van der Waals surface area contributed by atoms with Crippen LogP contribution in [0.2, 0.25) is 5.02 Å². The van der Waals surface area contributed by atoms with Crippen LogP contribution in [0.15, 0.2) is 48.0 Å². The molecule has 0 aliphatic carbocycles. The Kier molecular flexibility index (Phi) is 6.81. The zero-order valence-corrected chi connectivity index (χ0v) is 15.4. The molecular weight excluding hydrogens is 354 g/mol. The molecule has 1 N–H and O–H groups in total. The van der Waals surface area contributed by atoms with Crippen molar-refractivity contribution in [2.45, 2.75) is 13.3 Å². The molecule has 0 aliphatic heterocycles. The number of aryl methyl sites for hydroxylation is 1. The van der Waals surface area contributed by atoms with Gasteiger partial charge in [-0.15, -0.1) is 6.58 Å². The Hall–Kier alpha value is -2.79. The Labute approximate surface area is 157 Å². The molecule has 0 bridgehead atoms. The quantitative estimate of drug-likeness (QED) is 0.542. The minimum Gasteiger partial charge on any atom is -0.493 e. The van der Waals surface area contributed by atoms with Gasteiger partial charge in [0.2, 0.25) is 0 Å². The van der Waals surface area contributed by atoms with Crippen molar-refractivity contribution in [3.63, 3.8) is 0 Å². The Bertz CT molecular complexity index is 846. The molecule has 0 atom stereocenters. The predicted molar refractivity (Wildman–Crippen MR) is 103 cm³/mol. The number of carbonyl (C=O) groups is 1. The molecule has 0 saturated heterocycles. The second-order valence-electron chi connectivity index (χ2n) is 5.58. The van der Waals surface area contributed by atoms with Gasteiger partial charge in [0, 0.05) is 16.8 Å². The number of hydrogen-bond donors (Lipinski definition) is 1. The van der Waals surface area contributed by atoms with Crippen LogP contribution in [0.25, 0.3) is 0 Å². The highest BCUT2D eigenvalue weighted by atomic mass is 35.5. The number of carboxylic acid groups (broad SMARTS) is 1. The van der Waals surface area contributed by atoms with E-state index in [9.17, 15) is 4.79 Å². The van der Waals surface area contributed by atoms with Gasteiger partial charge < -0.3 is 14.6 Å². The predicted octanol–water partition coefficient (Wildman–Crippen LogP) is 4.60. The lowest BCUT2D eigenvalue weighted by molar-refractivity contribution is -0.139. The fourth-order valence-electron chi connectivity index (χ4n) is 2.33. The van der Waals surface area contributed by atoms with Gasteiger partial charge in [-0.1, -0.05) is 23.7 Å². The van der Waals surface area contributed by atoms with Crippen LogP contribution in [0.4, 0.5) is 5.69 Å². The summed E-state index contributed by atoms with van der Waals surface area (Å²) in [4.78, 5) is 15.2. The van der Waals surface area contributed by atoms with Crippen molar-refractivity contribution in [1.29, 1.82) is 0 Å². The van der Waals surface area contributed by atoms with Crippen LogP contribution in [-0.4, -0.2) is 31.0 Å². The molecule has 2 aromatic rings. The Morgan fingerprint density at radius 2 is 2.12 bits per heavy atom. The number of allylic oxidation sites excluding steroid dienone is 1. The molecule has 0 fully saturated rings. The van der Waals surface area contributed by atoms with Crippen molar-refractivity contribution in [3.05, 3.63) is 64.7 Å². The lowest BCUT2D eigenvalue weighted by Gasteiger charge is -2.14. The van der Waals surface area contributed by atoms with Crippen LogP contribution in [0.3, 0.4) is 0 Å². The summed E-state index contributed by atoms with van der Waals surface area (Å²) in [5.74, 6) is -0.224. The van der Waals surface area contributed by atoms with E-state index in [1.54, 1.807) is 24.4 Å². The van der Waals surface area contributed by atoms with Gasteiger partial charge in [0.25, 0.3) is 0 Å². The highest BCUT2D eigenvalue weighted by Crippen LogP contribution is 2.33. The van der Waals surface area contributed by atoms with E-state index in [0.29, 0.717) is 22.9 Å². The normalized spacial score (nSPS) is 10.7. The summed E-state index contributed by atoms with van der Waals surface area (Å²) in [5, 5.41) is 9.50. The Morgan fingerprint density at radius 1 is 1.35 bits per heavy atom. The van der Waals surface area contributed by atoms with Gasteiger partial charge in [0.15, 0.2) is 18.1 Å². The standard InChI is InChI=1S/C20H20ClNO4/c1-4-5-15-8-14(9-18(25-3)20(15)26-12-19(23)24)11-22-16-7-6-13(2)17(21)10-16/h4,6-11H,1,5,12H2,2-3H3,(H,23,24). The van der Waals surface area contributed by atoms with Gasteiger partial charge in [-0.2, -0.15) is 0 Å². The van der Waals surface area contributed by atoms with E-state index in [0.717, 1.165) is 22.4 Å². The van der Waals surface area contributed by atoms with Crippen molar-refractivity contribution in [3.8, 4) is 11.5 Å². The van der Waals surface area contributed by atoms with Crippen molar-refractivity contribution >= 4 is 29.5 Å². The molecule has 0 heterocycles. The molecule has 0 aliphatic rings. The summed E-state index contributed by atoms with van der Waals surface area (Å²) in [6, 6.07) is 9.18. The molecule has 0 spiro atoms. The number of methoxy groups -OCH3 is 1. The van der Waals surface area contributed by atoms with Crippen LogP contribution < -0.4 is 9.47 Å². The third-order valence-corrected chi connectivity index (χ3v) is 4.00. The molecule has 0 unspecified atom stereocenters. The van der Waals surface area contributed by atoms with Gasteiger partial charge >= 0.3 is 5.97 Å². The molecule has 5 nitrogen and oxygen atoms in total. The van der Waals surface area contributed by atoms with E-state index in [1.807, 2.05) is 25.1 Å². The van der Waals surface area contributed by atoms with Crippen LogP contribution in [0.5, 0.6) is 11.5 Å². The summed E-state index contributed by atoms with van der Waals surface area (Å²) in [5.41, 5.74) is 3.28. The van der Waals surface area contributed by atoms with Crippen molar-refractivity contribution in [2.75, 3.05) is 13.7 Å². The number of rotatable bonds is 8. The number of ether oxygens (including phenoxy) is 2. The van der Waals surface area contributed by atoms with E-state index in [-0.39, 0.29) is 0 Å². The first kappa shape index (κ1) is 19.5. The van der Waals surface area contributed by atoms with Gasteiger partial charge in [0.1, 0.15) is 0 Å². The minimum absolute atomic E-state index is 0.394. The maximum Gasteiger partial charge on any atom is 0.341 e. The molecule has 2 rings (SSSR count). The number of benzene rings is 2. The van der Waals surface area contributed by atoms with E-state index >= 15 is 0 Å². The molecule has 26 heavy (non-hydrogen) atoms. The van der Waals surface area contributed by atoms with Gasteiger partial charge in [-0.25, -0.2) is 4.79 Å². The molecule has 0 saturated carbocycles. The van der Waals surface area contributed by atoms with Gasteiger partial charge in [-0.05, 0) is 48.7 Å². The topological polar surface area (TPSA) is 68.1 Å². The van der Waals surface area contributed by atoms with Crippen LogP contribution in [0.1, 0.15) is 16.7 Å². The zero-order valence-electron chi connectivity index (χ0n) is 14.7. The Balaban J connectivity index is 2.37. The first-order chi connectivity index (χ1) is 12.4. The molecular formula is C20H20ClNO4. The summed E-state index contributed by atoms with van der Waals surface area (Å²) in [6.45, 7) is 5.21. The number of halogens is 1. The van der Waals surface area contributed by atoms with Crippen LogP contribution >= 0.6 is 11.6 Å². The van der Waals surface area contributed by atoms with Crippen LogP contribution in [-0.2, 0) is 11.2 Å². The number of hydrogen-bond acceptors (Lipinski definition) is 4. The Morgan fingerprint density at radius 3 is 2.73 bits per heavy atom. The average molecular weight is 374 g/mol. The minimum atomic E-state index is -1.06. The van der Waals surface area contributed by atoms with Gasteiger partial charge in [-0.3, -0.25) is 4.99 Å². The maximum absolute atomic E-state index is 10.8. The monoisotopic (exact) mass is 373 g/mol. The van der Waals surface area contributed by atoms with E-state index < -0.39 is 12.6 Å². The first-order valence-corrected chi connectivity index (χ1v) is 8.29. The molecule has 2 aromatic carbocycles. The highest BCUT2D eigenvalue weighted by Gasteiger charge is 2.13. The van der Waals surface area contributed by atoms with E-state index in [1.165, 1.54) is 7.11 Å². The average Bonchev–Trinajstić information content (AvgIpc) is 2.61. The summed E-state index contributed by atoms with van der Waals surface area (Å²) < 4.78 is 10.7. The van der Waals surface area contributed by atoms with Crippen molar-refractivity contribution in [1.82, 2.24) is 0 Å². The molecule has 136 valence electrons. The maximum atomic E-state index is 10.8. The second kappa shape index (κ2) is 9.06. The third kappa shape index (κ3) is 5.10. The fraction of sp³-hybridized carbons (Fsp3) is 0.200. The summed E-state index contributed by atoms with van der Waals surface area (Å²) in [6.07, 6.45) is 3.91.